The highest BCUT2D eigenvalue weighted by Crippen LogP contribution is 2.25. The molecule has 0 fully saturated rings. The predicted octanol–water partition coefficient (Wildman–Crippen LogP) is 3.06. The van der Waals surface area contributed by atoms with Crippen LogP contribution in [0.1, 0.15) is 29.9 Å². The van der Waals surface area contributed by atoms with E-state index < -0.39 is 5.97 Å². The molecule has 0 spiro atoms. The molecule has 1 aromatic carbocycles. The van der Waals surface area contributed by atoms with Gasteiger partial charge in [0, 0.05) is 18.7 Å². The predicted molar refractivity (Wildman–Crippen MR) is 84.7 cm³/mol. The van der Waals surface area contributed by atoms with E-state index in [1.54, 1.807) is 12.3 Å². The fourth-order valence-corrected chi connectivity index (χ4v) is 2.14. The Morgan fingerprint density at radius 2 is 2.00 bits per heavy atom. The Morgan fingerprint density at radius 1 is 1.23 bits per heavy atom. The molecule has 1 amide bonds. The summed E-state index contributed by atoms with van der Waals surface area (Å²) in [5.74, 6) is -0.857. The lowest BCUT2D eigenvalue weighted by Gasteiger charge is -2.10. The minimum absolute atomic E-state index is 0.0908. The highest BCUT2D eigenvalue weighted by atomic mass is 16.5. The Morgan fingerprint density at radius 3 is 2.64 bits per heavy atom. The maximum atomic E-state index is 11.7. The van der Waals surface area contributed by atoms with E-state index in [9.17, 15) is 9.59 Å². The number of rotatable bonds is 4. The zero-order valence-electron chi connectivity index (χ0n) is 12.8. The fraction of sp³-hybridized carbons (Fsp3) is 0.235. The molecule has 22 heavy (non-hydrogen) atoms. The van der Waals surface area contributed by atoms with Gasteiger partial charge in [0.1, 0.15) is 0 Å². The molecule has 2 aromatic rings. The number of nitrogens with one attached hydrogen (secondary N) is 1. The summed E-state index contributed by atoms with van der Waals surface area (Å²) in [6.07, 6.45) is 2.53. The summed E-state index contributed by atoms with van der Waals surface area (Å²) in [5, 5.41) is 2.63. The molecule has 0 saturated heterocycles. The zero-order valence-corrected chi connectivity index (χ0v) is 12.8. The Kier molecular flexibility index (Phi) is 4.88. The molecule has 0 saturated carbocycles. The molecular weight excluding hydrogens is 280 g/mol. The standard InChI is InChI=1S/C17H18N2O3/c1-4-12-6-5-7-13(8-12)14-9-15(19-11(2)20)16(18-10-14)17(21)22-3/h5-10H,4H2,1-3H3,(H,19,20). The SMILES string of the molecule is CCc1cccc(-c2cnc(C(=O)OC)c(NC(C)=O)c2)c1. The van der Waals surface area contributed by atoms with Gasteiger partial charge in [0.15, 0.2) is 5.69 Å². The monoisotopic (exact) mass is 298 g/mol. The molecule has 5 heteroatoms. The maximum absolute atomic E-state index is 11.7. The van der Waals surface area contributed by atoms with Crippen molar-refractivity contribution in [1.82, 2.24) is 4.98 Å². The van der Waals surface area contributed by atoms with Crippen LogP contribution < -0.4 is 5.32 Å². The van der Waals surface area contributed by atoms with E-state index in [0.717, 1.165) is 17.5 Å². The van der Waals surface area contributed by atoms with Crippen molar-refractivity contribution < 1.29 is 14.3 Å². The van der Waals surface area contributed by atoms with E-state index in [2.05, 4.69) is 34.1 Å². The highest BCUT2D eigenvalue weighted by Gasteiger charge is 2.16. The zero-order chi connectivity index (χ0) is 16.1. The molecule has 1 N–H and O–H groups in total. The minimum atomic E-state index is -0.586. The van der Waals surface area contributed by atoms with Crippen molar-refractivity contribution in [2.45, 2.75) is 20.3 Å². The number of methoxy groups -OCH3 is 1. The van der Waals surface area contributed by atoms with Crippen molar-refractivity contribution in [2.24, 2.45) is 0 Å². The quantitative estimate of drug-likeness (QED) is 0.881. The molecule has 0 radical (unpaired) electrons. The number of hydrogen-bond acceptors (Lipinski definition) is 4. The second-order valence-corrected chi connectivity index (χ2v) is 4.85. The number of ether oxygens (including phenoxy) is 1. The molecule has 0 aliphatic rings. The van der Waals surface area contributed by atoms with Gasteiger partial charge in [-0.15, -0.1) is 0 Å². The van der Waals surface area contributed by atoms with Crippen molar-refractivity contribution in [3.05, 3.63) is 47.8 Å². The molecule has 0 unspecified atom stereocenters. The molecule has 5 nitrogen and oxygen atoms in total. The summed E-state index contributed by atoms with van der Waals surface area (Å²) in [5.41, 5.74) is 3.45. The Labute approximate surface area is 129 Å². The van der Waals surface area contributed by atoms with Crippen LogP contribution in [0.25, 0.3) is 11.1 Å². The largest absolute Gasteiger partial charge is 0.464 e. The lowest BCUT2D eigenvalue weighted by atomic mass is 10.0. The lowest BCUT2D eigenvalue weighted by Crippen LogP contribution is -2.13. The van der Waals surface area contributed by atoms with Gasteiger partial charge in [-0.1, -0.05) is 31.2 Å². The lowest BCUT2D eigenvalue weighted by molar-refractivity contribution is -0.114. The molecule has 2 rings (SSSR count). The number of esters is 1. The van der Waals surface area contributed by atoms with Crippen molar-refractivity contribution in [2.75, 3.05) is 12.4 Å². The topological polar surface area (TPSA) is 68.3 Å². The number of anilines is 1. The number of aromatic nitrogens is 1. The summed E-state index contributed by atoms with van der Waals surface area (Å²) in [7, 11) is 1.28. The highest BCUT2D eigenvalue weighted by molar-refractivity contribution is 6.00. The van der Waals surface area contributed by atoms with E-state index in [0.29, 0.717) is 5.69 Å². The minimum Gasteiger partial charge on any atom is -0.464 e. The molecule has 0 bridgehead atoms. The first-order valence-corrected chi connectivity index (χ1v) is 7.00. The third-order valence-corrected chi connectivity index (χ3v) is 3.25. The third-order valence-electron chi connectivity index (χ3n) is 3.25. The molecule has 0 atom stereocenters. The first-order chi connectivity index (χ1) is 10.5. The normalized spacial score (nSPS) is 10.1. The van der Waals surface area contributed by atoms with Crippen LogP contribution in [0.5, 0.6) is 0 Å². The van der Waals surface area contributed by atoms with Gasteiger partial charge in [-0.05, 0) is 23.6 Å². The van der Waals surface area contributed by atoms with Crippen molar-refractivity contribution in [3.63, 3.8) is 0 Å². The van der Waals surface area contributed by atoms with Crippen LogP contribution in [0.4, 0.5) is 5.69 Å². The van der Waals surface area contributed by atoms with Gasteiger partial charge in [-0.25, -0.2) is 9.78 Å². The number of nitrogens with zero attached hydrogens (tertiary/aromatic N) is 1. The van der Waals surface area contributed by atoms with E-state index in [1.165, 1.54) is 19.6 Å². The number of carbonyl (C=O) groups is 2. The van der Waals surface area contributed by atoms with Gasteiger partial charge in [-0.2, -0.15) is 0 Å². The maximum Gasteiger partial charge on any atom is 0.358 e. The van der Waals surface area contributed by atoms with Crippen LogP contribution in [0.15, 0.2) is 36.5 Å². The average Bonchev–Trinajstić information content (AvgIpc) is 2.53. The smallest absolute Gasteiger partial charge is 0.358 e. The molecule has 1 heterocycles. The van der Waals surface area contributed by atoms with Gasteiger partial charge in [-0.3, -0.25) is 4.79 Å². The summed E-state index contributed by atoms with van der Waals surface area (Å²) in [4.78, 5) is 27.2. The Bertz CT molecular complexity index is 711. The van der Waals surface area contributed by atoms with E-state index in [1.807, 2.05) is 12.1 Å². The molecular formula is C17H18N2O3. The second-order valence-electron chi connectivity index (χ2n) is 4.85. The molecule has 0 aliphatic carbocycles. The number of pyridine rings is 1. The van der Waals surface area contributed by atoms with Gasteiger partial charge in [0.05, 0.1) is 12.8 Å². The summed E-state index contributed by atoms with van der Waals surface area (Å²) < 4.78 is 4.69. The molecule has 0 aliphatic heterocycles. The number of benzene rings is 1. The first kappa shape index (κ1) is 15.7. The van der Waals surface area contributed by atoms with Gasteiger partial charge in [0.2, 0.25) is 5.91 Å². The summed E-state index contributed by atoms with van der Waals surface area (Å²) >= 11 is 0. The fourth-order valence-electron chi connectivity index (χ4n) is 2.14. The molecule has 114 valence electrons. The van der Waals surface area contributed by atoms with Crippen LogP contribution in [0.2, 0.25) is 0 Å². The van der Waals surface area contributed by atoms with Crippen LogP contribution in [-0.2, 0) is 16.0 Å². The van der Waals surface area contributed by atoms with Crippen molar-refractivity contribution in [1.29, 1.82) is 0 Å². The van der Waals surface area contributed by atoms with Crippen LogP contribution in [0.3, 0.4) is 0 Å². The van der Waals surface area contributed by atoms with Gasteiger partial charge >= 0.3 is 5.97 Å². The first-order valence-electron chi connectivity index (χ1n) is 7.00. The van der Waals surface area contributed by atoms with Gasteiger partial charge < -0.3 is 10.1 Å². The summed E-state index contributed by atoms with van der Waals surface area (Å²) in [6, 6.07) is 9.78. The van der Waals surface area contributed by atoms with E-state index >= 15 is 0 Å². The summed E-state index contributed by atoms with van der Waals surface area (Å²) in [6.45, 7) is 3.46. The van der Waals surface area contributed by atoms with Crippen LogP contribution in [0, 0.1) is 0 Å². The van der Waals surface area contributed by atoms with E-state index in [-0.39, 0.29) is 11.6 Å². The van der Waals surface area contributed by atoms with Crippen LogP contribution in [-0.4, -0.2) is 24.0 Å². The van der Waals surface area contributed by atoms with Gasteiger partial charge in [0.25, 0.3) is 0 Å². The van der Waals surface area contributed by atoms with Crippen molar-refractivity contribution >= 4 is 17.6 Å². The number of aryl methyl sites for hydroxylation is 1. The Hall–Kier alpha value is -2.69. The average molecular weight is 298 g/mol. The van der Waals surface area contributed by atoms with Crippen LogP contribution >= 0.6 is 0 Å². The third kappa shape index (κ3) is 3.49. The second kappa shape index (κ2) is 6.85. The number of hydrogen-bond donors (Lipinski definition) is 1. The van der Waals surface area contributed by atoms with E-state index in [4.69, 9.17) is 0 Å². The number of carbonyl (C=O) groups excluding carboxylic acids is 2. The number of amides is 1. The molecule has 1 aromatic heterocycles. The Balaban J connectivity index is 2.49. The van der Waals surface area contributed by atoms with Crippen molar-refractivity contribution in [3.8, 4) is 11.1 Å².